The molecular weight excluding hydrogens is 255 g/mol. The summed E-state index contributed by atoms with van der Waals surface area (Å²) in [4.78, 5) is 0. The predicted molar refractivity (Wildman–Crippen MR) is 66.8 cm³/mol. The number of halogens is 3. The van der Waals surface area contributed by atoms with Gasteiger partial charge in [-0.3, -0.25) is 0 Å². The molecule has 1 N–H and O–H groups in total. The Kier molecular flexibility index (Phi) is 4.55. The van der Waals surface area contributed by atoms with E-state index in [0.29, 0.717) is 12.8 Å². The van der Waals surface area contributed by atoms with Crippen LogP contribution in [0.1, 0.15) is 38.4 Å². The summed E-state index contributed by atoms with van der Waals surface area (Å²) in [5.74, 6) is -0.280. The minimum absolute atomic E-state index is 0.0367. The molecular formula is C14H20F3NO. The molecule has 0 bridgehead atoms. The van der Waals surface area contributed by atoms with Crippen LogP contribution in [-0.2, 0) is 6.42 Å². The second kappa shape index (κ2) is 5.99. The van der Waals surface area contributed by atoms with Gasteiger partial charge in [0.1, 0.15) is 5.76 Å². The maximum Gasteiger partial charge on any atom is 0.391 e. The molecule has 1 aliphatic carbocycles. The van der Waals surface area contributed by atoms with Crippen LogP contribution in [0.15, 0.2) is 22.8 Å². The lowest BCUT2D eigenvalue weighted by Gasteiger charge is -2.32. The lowest BCUT2D eigenvalue weighted by Crippen LogP contribution is -2.43. The third kappa shape index (κ3) is 4.27. The molecule has 3 atom stereocenters. The molecule has 1 heterocycles. The molecule has 108 valence electrons. The summed E-state index contributed by atoms with van der Waals surface area (Å²) in [6, 6.07) is 3.80. The summed E-state index contributed by atoms with van der Waals surface area (Å²) in [6.45, 7) is 1.99. The van der Waals surface area contributed by atoms with Crippen molar-refractivity contribution >= 4 is 0 Å². The monoisotopic (exact) mass is 275 g/mol. The van der Waals surface area contributed by atoms with Crippen molar-refractivity contribution in [3.05, 3.63) is 24.2 Å². The van der Waals surface area contributed by atoms with Gasteiger partial charge < -0.3 is 9.73 Å². The van der Waals surface area contributed by atoms with Gasteiger partial charge in [-0.1, -0.05) is 6.42 Å². The van der Waals surface area contributed by atoms with Gasteiger partial charge in [0.15, 0.2) is 0 Å². The topological polar surface area (TPSA) is 25.2 Å². The molecule has 2 rings (SSSR count). The molecule has 0 aromatic carbocycles. The van der Waals surface area contributed by atoms with Gasteiger partial charge in [-0.25, -0.2) is 0 Å². The first kappa shape index (κ1) is 14.4. The van der Waals surface area contributed by atoms with E-state index in [2.05, 4.69) is 5.32 Å². The Morgan fingerprint density at radius 2 is 2.21 bits per heavy atom. The van der Waals surface area contributed by atoms with Crippen molar-refractivity contribution in [2.45, 2.75) is 57.3 Å². The van der Waals surface area contributed by atoms with Crippen LogP contribution in [0.4, 0.5) is 13.2 Å². The average molecular weight is 275 g/mol. The lowest BCUT2D eigenvalue weighted by molar-refractivity contribution is -0.183. The van der Waals surface area contributed by atoms with Gasteiger partial charge in [0.25, 0.3) is 0 Å². The van der Waals surface area contributed by atoms with Crippen LogP contribution in [0.25, 0.3) is 0 Å². The zero-order chi connectivity index (χ0) is 13.9. The molecule has 0 aliphatic heterocycles. The largest absolute Gasteiger partial charge is 0.469 e. The summed E-state index contributed by atoms with van der Waals surface area (Å²) in [7, 11) is 0. The number of alkyl halides is 3. The maximum atomic E-state index is 12.7. The molecule has 0 spiro atoms. The summed E-state index contributed by atoms with van der Waals surface area (Å²) >= 11 is 0. The van der Waals surface area contributed by atoms with Crippen molar-refractivity contribution < 1.29 is 17.6 Å². The smallest absolute Gasteiger partial charge is 0.391 e. The molecule has 1 aliphatic rings. The highest BCUT2D eigenvalue weighted by Crippen LogP contribution is 2.37. The average Bonchev–Trinajstić information content (AvgIpc) is 2.80. The first-order chi connectivity index (χ1) is 8.95. The normalized spacial score (nSPS) is 26.3. The highest BCUT2D eigenvalue weighted by Gasteiger charge is 2.42. The van der Waals surface area contributed by atoms with E-state index < -0.39 is 12.1 Å². The van der Waals surface area contributed by atoms with Crippen LogP contribution < -0.4 is 5.32 Å². The van der Waals surface area contributed by atoms with E-state index in [1.165, 1.54) is 0 Å². The fourth-order valence-corrected chi connectivity index (χ4v) is 2.83. The van der Waals surface area contributed by atoms with Gasteiger partial charge in [0.05, 0.1) is 12.2 Å². The molecule has 1 aromatic heterocycles. The van der Waals surface area contributed by atoms with Gasteiger partial charge in [-0.2, -0.15) is 13.2 Å². The Labute approximate surface area is 111 Å². The van der Waals surface area contributed by atoms with Crippen LogP contribution in [0.3, 0.4) is 0 Å². The molecule has 19 heavy (non-hydrogen) atoms. The Morgan fingerprint density at radius 1 is 1.42 bits per heavy atom. The standard InChI is InChI=1S/C14H20F3NO/c1-10(8-13-6-3-7-19-13)18-12-5-2-4-11(9-12)14(15,16)17/h3,6-7,10-12,18H,2,4-5,8-9H2,1H3. The first-order valence-corrected chi connectivity index (χ1v) is 6.80. The van der Waals surface area contributed by atoms with Gasteiger partial charge in [0.2, 0.25) is 0 Å². The third-order valence-corrected chi connectivity index (χ3v) is 3.74. The minimum atomic E-state index is -4.05. The number of furan rings is 1. The van der Waals surface area contributed by atoms with Gasteiger partial charge >= 0.3 is 6.18 Å². The van der Waals surface area contributed by atoms with Crippen LogP contribution >= 0.6 is 0 Å². The summed E-state index contributed by atoms with van der Waals surface area (Å²) < 4.78 is 43.4. The van der Waals surface area contributed by atoms with E-state index in [0.717, 1.165) is 12.2 Å². The number of hydrogen-bond donors (Lipinski definition) is 1. The maximum absolute atomic E-state index is 12.7. The van der Waals surface area contributed by atoms with E-state index in [1.807, 2.05) is 19.1 Å². The molecule has 1 saturated carbocycles. The van der Waals surface area contributed by atoms with Crippen molar-refractivity contribution in [2.75, 3.05) is 0 Å². The van der Waals surface area contributed by atoms with Crippen molar-refractivity contribution in [1.82, 2.24) is 5.32 Å². The zero-order valence-electron chi connectivity index (χ0n) is 11.0. The van der Waals surface area contributed by atoms with Gasteiger partial charge in [-0.15, -0.1) is 0 Å². The first-order valence-electron chi connectivity index (χ1n) is 6.80. The summed E-state index contributed by atoms with van der Waals surface area (Å²) in [5, 5.41) is 3.30. The van der Waals surface area contributed by atoms with E-state index in [-0.39, 0.29) is 24.9 Å². The predicted octanol–water partition coefficient (Wildman–Crippen LogP) is 3.92. The second-order valence-electron chi connectivity index (χ2n) is 5.45. The van der Waals surface area contributed by atoms with E-state index in [9.17, 15) is 13.2 Å². The minimum Gasteiger partial charge on any atom is -0.469 e. The fourth-order valence-electron chi connectivity index (χ4n) is 2.83. The van der Waals surface area contributed by atoms with Crippen LogP contribution in [-0.4, -0.2) is 18.3 Å². The molecule has 2 nitrogen and oxygen atoms in total. The third-order valence-electron chi connectivity index (χ3n) is 3.74. The van der Waals surface area contributed by atoms with Crippen molar-refractivity contribution in [1.29, 1.82) is 0 Å². The second-order valence-corrected chi connectivity index (χ2v) is 5.45. The van der Waals surface area contributed by atoms with Gasteiger partial charge in [-0.05, 0) is 38.3 Å². The van der Waals surface area contributed by atoms with E-state index in [4.69, 9.17) is 4.42 Å². The fraction of sp³-hybridized carbons (Fsp3) is 0.714. The quantitative estimate of drug-likeness (QED) is 0.901. The van der Waals surface area contributed by atoms with Crippen molar-refractivity contribution in [2.24, 2.45) is 5.92 Å². The highest BCUT2D eigenvalue weighted by molar-refractivity contribution is 5.00. The lowest BCUT2D eigenvalue weighted by atomic mass is 9.85. The van der Waals surface area contributed by atoms with Crippen LogP contribution in [0, 0.1) is 5.92 Å². The van der Waals surface area contributed by atoms with E-state index >= 15 is 0 Å². The molecule has 0 radical (unpaired) electrons. The zero-order valence-corrected chi connectivity index (χ0v) is 11.0. The van der Waals surface area contributed by atoms with E-state index in [1.54, 1.807) is 6.26 Å². The Hall–Kier alpha value is -0.970. The van der Waals surface area contributed by atoms with Gasteiger partial charge in [0, 0.05) is 18.5 Å². The van der Waals surface area contributed by atoms with Crippen molar-refractivity contribution in [3.63, 3.8) is 0 Å². The number of hydrogen-bond acceptors (Lipinski definition) is 2. The number of nitrogens with one attached hydrogen (secondary N) is 1. The van der Waals surface area contributed by atoms with Crippen LogP contribution in [0.2, 0.25) is 0 Å². The molecule has 3 unspecified atom stereocenters. The Morgan fingerprint density at radius 3 is 2.84 bits per heavy atom. The molecule has 0 amide bonds. The molecule has 5 heteroatoms. The van der Waals surface area contributed by atoms with Crippen molar-refractivity contribution in [3.8, 4) is 0 Å². The molecule has 0 saturated heterocycles. The SMILES string of the molecule is CC(Cc1ccco1)NC1CCCC(C(F)(F)F)C1. The Balaban J connectivity index is 1.82. The molecule has 1 fully saturated rings. The summed E-state index contributed by atoms with van der Waals surface area (Å²) in [6.07, 6.45) is 0.220. The molecule has 1 aromatic rings. The highest BCUT2D eigenvalue weighted by atomic mass is 19.4. The Bertz CT molecular complexity index is 375. The summed E-state index contributed by atoms with van der Waals surface area (Å²) in [5.41, 5.74) is 0. The van der Waals surface area contributed by atoms with Crippen LogP contribution in [0.5, 0.6) is 0 Å². The number of rotatable bonds is 4.